The summed E-state index contributed by atoms with van der Waals surface area (Å²) in [6.07, 6.45) is 3.88. The minimum Gasteiger partial charge on any atom is -0.342 e. The van der Waals surface area contributed by atoms with Crippen LogP contribution in [0.4, 0.5) is 0 Å². The first-order valence-electron chi connectivity index (χ1n) is 5.22. The molecule has 0 aromatic heterocycles. The van der Waals surface area contributed by atoms with Gasteiger partial charge in [0, 0.05) is 19.5 Å². The van der Waals surface area contributed by atoms with Crippen LogP contribution in [0.15, 0.2) is 0 Å². The monoisotopic (exact) mass is 184 g/mol. The van der Waals surface area contributed by atoms with E-state index in [2.05, 4.69) is 6.92 Å². The van der Waals surface area contributed by atoms with E-state index >= 15 is 0 Å². The topological polar surface area (TPSA) is 46.3 Å². The molecule has 1 aliphatic rings. The number of carbonyl (C=O) groups excluding carboxylic acids is 1. The molecule has 3 heteroatoms. The van der Waals surface area contributed by atoms with Gasteiger partial charge in [-0.1, -0.05) is 6.92 Å². The molecule has 1 amide bonds. The largest absolute Gasteiger partial charge is 0.342 e. The minimum absolute atomic E-state index is 0.289. The average Bonchev–Trinajstić information content (AvgIpc) is 2.14. The van der Waals surface area contributed by atoms with Gasteiger partial charge in [-0.05, 0) is 31.7 Å². The molecule has 76 valence electrons. The fourth-order valence-electron chi connectivity index (χ4n) is 1.83. The Morgan fingerprint density at radius 1 is 1.62 bits per heavy atom. The van der Waals surface area contributed by atoms with Crippen LogP contribution in [0.3, 0.4) is 0 Å². The molecule has 0 bridgehead atoms. The molecule has 3 nitrogen and oxygen atoms in total. The third kappa shape index (κ3) is 3.35. The smallest absolute Gasteiger partial charge is 0.222 e. The van der Waals surface area contributed by atoms with E-state index in [1.807, 2.05) is 4.90 Å². The summed E-state index contributed by atoms with van der Waals surface area (Å²) in [6.45, 7) is 4.73. The lowest BCUT2D eigenvalue weighted by molar-refractivity contribution is -0.132. The number of carbonyl (C=O) groups is 1. The average molecular weight is 184 g/mol. The van der Waals surface area contributed by atoms with E-state index in [4.69, 9.17) is 5.73 Å². The summed E-state index contributed by atoms with van der Waals surface area (Å²) in [6, 6.07) is 0. The Hall–Kier alpha value is -0.570. The van der Waals surface area contributed by atoms with Gasteiger partial charge in [-0.2, -0.15) is 0 Å². The van der Waals surface area contributed by atoms with Gasteiger partial charge in [0.05, 0.1) is 0 Å². The Balaban J connectivity index is 2.28. The minimum atomic E-state index is 0.289. The molecule has 2 N–H and O–H groups in total. The van der Waals surface area contributed by atoms with Crippen LogP contribution in [-0.4, -0.2) is 30.4 Å². The number of hydrogen-bond acceptors (Lipinski definition) is 2. The first-order valence-corrected chi connectivity index (χ1v) is 5.22. The van der Waals surface area contributed by atoms with Crippen LogP contribution in [0.1, 0.15) is 32.6 Å². The Bertz CT molecular complexity index is 170. The summed E-state index contributed by atoms with van der Waals surface area (Å²) in [4.78, 5) is 13.6. The zero-order chi connectivity index (χ0) is 9.68. The van der Waals surface area contributed by atoms with Crippen molar-refractivity contribution in [3.8, 4) is 0 Å². The van der Waals surface area contributed by atoms with E-state index < -0.39 is 0 Å². The van der Waals surface area contributed by atoms with Crippen molar-refractivity contribution in [3.63, 3.8) is 0 Å². The highest BCUT2D eigenvalue weighted by Crippen LogP contribution is 2.16. The molecule has 1 fully saturated rings. The second-order valence-corrected chi connectivity index (χ2v) is 3.98. The third-order valence-corrected chi connectivity index (χ3v) is 2.60. The summed E-state index contributed by atoms with van der Waals surface area (Å²) in [5, 5.41) is 0. The third-order valence-electron chi connectivity index (χ3n) is 2.60. The summed E-state index contributed by atoms with van der Waals surface area (Å²) in [7, 11) is 0. The molecule has 1 rings (SSSR count). The van der Waals surface area contributed by atoms with Gasteiger partial charge in [0.2, 0.25) is 5.91 Å². The SMILES string of the molecule is CC1CCCN(C(=O)CCCN)C1. The van der Waals surface area contributed by atoms with Gasteiger partial charge in [-0.3, -0.25) is 4.79 Å². The quantitative estimate of drug-likeness (QED) is 0.711. The first-order chi connectivity index (χ1) is 6.24. The molecule has 1 heterocycles. The van der Waals surface area contributed by atoms with Crippen molar-refractivity contribution in [2.45, 2.75) is 32.6 Å². The van der Waals surface area contributed by atoms with Crippen LogP contribution in [0.5, 0.6) is 0 Å². The molecule has 1 aliphatic heterocycles. The van der Waals surface area contributed by atoms with Crippen LogP contribution in [0, 0.1) is 5.92 Å². The van der Waals surface area contributed by atoms with Crippen molar-refractivity contribution in [3.05, 3.63) is 0 Å². The fourth-order valence-corrected chi connectivity index (χ4v) is 1.83. The molecular formula is C10H20N2O. The molecule has 0 radical (unpaired) electrons. The molecule has 0 spiro atoms. The van der Waals surface area contributed by atoms with Gasteiger partial charge >= 0.3 is 0 Å². The van der Waals surface area contributed by atoms with E-state index in [0.717, 1.165) is 25.9 Å². The van der Waals surface area contributed by atoms with Crippen LogP contribution in [0.2, 0.25) is 0 Å². The Labute approximate surface area is 80.3 Å². The number of nitrogens with zero attached hydrogens (tertiary/aromatic N) is 1. The Morgan fingerprint density at radius 3 is 3.00 bits per heavy atom. The van der Waals surface area contributed by atoms with Crippen molar-refractivity contribution in [2.24, 2.45) is 11.7 Å². The number of likely N-dealkylation sites (tertiary alicyclic amines) is 1. The van der Waals surface area contributed by atoms with Crippen molar-refractivity contribution in [1.82, 2.24) is 4.90 Å². The van der Waals surface area contributed by atoms with Gasteiger partial charge in [0.15, 0.2) is 0 Å². The van der Waals surface area contributed by atoms with Gasteiger partial charge in [-0.25, -0.2) is 0 Å². The highest BCUT2D eigenvalue weighted by atomic mass is 16.2. The van der Waals surface area contributed by atoms with Crippen molar-refractivity contribution in [2.75, 3.05) is 19.6 Å². The second kappa shape index (κ2) is 5.22. The molecule has 1 unspecified atom stereocenters. The molecule has 0 aromatic carbocycles. The Morgan fingerprint density at radius 2 is 2.38 bits per heavy atom. The zero-order valence-electron chi connectivity index (χ0n) is 8.46. The predicted octanol–water partition coefficient (Wildman–Crippen LogP) is 0.984. The summed E-state index contributed by atoms with van der Waals surface area (Å²) in [5.74, 6) is 0.965. The van der Waals surface area contributed by atoms with Crippen LogP contribution >= 0.6 is 0 Å². The molecule has 13 heavy (non-hydrogen) atoms. The Kier molecular flexibility index (Phi) is 4.22. The molecule has 1 atom stereocenters. The van der Waals surface area contributed by atoms with Crippen LogP contribution in [-0.2, 0) is 4.79 Å². The number of amides is 1. The molecule has 0 saturated carbocycles. The van der Waals surface area contributed by atoms with E-state index in [1.165, 1.54) is 6.42 Å². The van der Waals surface area contributed by atoms with E-state index in [-0.39, 0.29) is 5.91 Å². The maximum absolute atomic E-state index is 11.6. The number of piperidine rings is 1. The first kappa shape index (κ1) is 10.5. The maximum Gasteiger partial charge on any atom is 0.222 e. The summed E-state index contributed by atoms with van der Waals surface area (Å²) < 4.78 is 0. The highest BCUT2D eigenvalue weighted by Gasteiger charge is 2.19. The van der Waals surface area contributed by atoms with Gasteiger partial charge in [0.25, 0.3) is 0 Å². The predicted molar refractivity (Wildman–Crippen MR) is 53.3 cm³/mol. The van der Waals surface area contributed by atoms with Gasteiger partial charge < -0.3 is 10.6 Å². The summed E-state index contributed by atoms with van der Waals surface area (Å²) >= 11 is 0. The van der Waals surface area contributed by atoms with Crippen LogP contribution < -0.4 is 5.73 Å². The normalized spacial score (nSPS) is 23.2. The van der Waals surface area contributed by atoms with Crippen molar-refractivity contribution < 1.29 is 4.79 Å². The maximum atomic E-state index is 11.6. The molecular weight excluding hydrogens is 164 g/mol. The van der Waals surface area contributed by atoms with E-state index in [9.17, 15) is 4.79 Å². The lowest BCUT2D eigenvalue weighted by Gasteiger charge is -2.31. The lowest BCUT2D eigenvalue weighted by Crippen LogP contribution is -2.39. The molecule has 1 saturated heterocycles. The van der Waals surface area contributed by atoms with Crippen molar-refractivity contribution in [1.29, 1.82) is 0 Å². The van der Waals surface area contributed by atoms with E-state index in [0.29, 0.717) is 18.9 Å². The molecule has 0 aliphatic carbocycles. The summed E-state index contributed by atoms with van der Waals surface area (Å²) in [5.41, 5.74) is 5.36. The highest BCUT2D eigenvalue weighted by molar-refractivity contribution is 5.76. The number of rotatable bonds is 3. The number of hydrogen-bond donors (Lipinski definition) is 1. The fraction of sp³-hybridized carbons (Fsp3) is 0.900. The second-order valence-electron chi connectivity index (χ2n) is 3.98. The zero-order valence-corrected chi connectivity index (χ0v) is 8.46. The van der Waals surface area contributed by atoms with Gasteiger partial charge in [-0.15, -0.1) is 0 Å². The lowest BCUT2D eigenvalue weighted by atomic mass is 10.00. The van der Waals surface area contributed by atoms with Gasteiger partial charge in [0.1, 0.15) is 0 Å². The van der Waals surface area contributed by atoms with Crippen LogP contribution in [0.25, 0.3) is 0 Å². The van der Waals surface area contributed by atoms with E-state index in [1.54, 1.807) is 0 Å². The van der Waals surface area contributed by atoms with Crippen molar-refractivity contribution >= 4 is 5.91 Å². The number of nitrogens with two attached hydrogens (primary N) is 1. The molecule has 0 aromatic rings. The standard InChI is InChI=1S/C10H20N2O/c1-9-4-3-7-12(8-9)10(13)5-2-6-11/h9H,2-8,11H2,1H3.